The van der Waals surface area contributed by atoms with Crippen molar-refractivity contribution in [1.82, 2.24) is 5.32 Å². The Morgan fingerprint density at radius 3 is 1.23 bits per heavy atom. The summed E-state index contributed by atoms with van der Waals surface area (Å²) in [5, 5.41) is 33.2. The average Bonchev–Trinajstić information content (AvgIpc) is 3.14. The molecule has 3 unspecified atom stereocenters. The molecule has 0 bridgehead atoms. The fourth-order valence-corrected chi connectivity index (χ4v) is 6.88. The molecule has 0 aromatic carbocycles. The van der Waals surface area contributed by atoms with E-state index in [0.717, 1.165) is 44.9 Å². The van der Waals surface area contributed by atoms with E-state index in [9.17, 15) is 20.1 Å². The Morgan fingerprint density at radius 2 is 0.827 bits per heavy atom. The summed E-state index contributed by atoms with van der Waals surface area (Å²) in [5.41, 5.74) is 0. The van der Waals surface area contributed by atoms with Crippen LogP contribution >= 0.6 is 0 Å². The Hall–Kier alpha value is -1.43. The molecule has 1 amide bonds. The first kappa shape index (κ1) is 50.6. The number of rotatable bonds is 41. The molecule has 0 heterocycles. The molecule has 5 nitrogen and oxygen atoms in total. The van der Waals surface area contributed by atoms with Crippen molar-refractivity contribution in [3.63, 3.8) is 0 Å². The van der Waals surface area contributed by atoms with Crippen LogP contribution in [-0.4, -0.2) is 46.1 Å². The fraction of sp³-hybridized carbons (Fsp3) is 0.851. The van der Waals surface area contributed by atoms with E-state index in [2.05, 4.69) is 43.5 Å². The third kappa shape index (κ3) is 38.3. The first-order valence-electron chi connectivity index (χ1n) is 22.8. The van der Waals surface area contributed by atoms with Crippen LogP contribution in [0.1, 0.15) is 232 Å². The molecule has 0 aliphatic rings. The van der Waals surface area contributed by atoms with Crippen molar-refractivity contribution in [3.05, 3.63) is 36.5 Å². The quantitative estimate of drug-likeness (QED) is 0.0372. The van der Waals surface area contributed by atoms with E-state index < -0.39 is 18.2 Å². The molecule has 0 aromatic rings. The van der Waals surface area contributed by atoms with Crippen molar-refractivity contribution < 1.29 is 20.1 Å². The molecule has 52 heavy (non-hydrogen) atoms. The second-order valence-electron chi connectivity index (χ2n) is 15.6. The summed E-state index contributed by atoms with van der Waals surface area (Å²) in [4.78, 5) is 12.4. The Balaban J connectivity index is 3.70. The van der Waals surface area contributed by atoms with Crippen molar-refractivity contribution in [3.8, 4) is 0 Å². The molecule has 5 heteroatoms. The minimum Gasteiger partial charge on any atom is -0.394 e. The van der Waals surface area contributed by atoms with Gasteiger partial charge in [-0.25, -0.2) is 0 Å². The summed E-state index contributed by atoms with van der Waals surface area (Å²) in [7, 11) is 0. The van der Waals surface area contributed by atoms with Crippen LogP contribution in [0.3, 0.4) is 0 Å². The normalized spacial score (nSPS) is 13.9. The molecule has 0 saturated heterocycles. The largest absolute Gasteiger partial charge is 0.394 e. The summed E-state index contributed by atoms with van der Waals surface area (Å²) < 4.78 is 0. The number of nitrogens with one attached hydrogen (secondary N) is 1. The summed E-state index contributed by atoms with van der Waals surface area (Å²) in [6, 6.07) is -0.765. The summed E-state index contributed by atoms with van der Waals surface area (Å²) in [6.07, 6.45) is 53.0. The number of hydrogen-bond donors (Lipinski definition) is 4. The number of amides is 1. The topological polar surface area (TPSA) is 89.8 Å². The van der Waals surface area contributed by atoms with Crippen LogP contribution in [0.25, 0.3) is 0 Å². The van der Waals surface area contributed by atoms with Gasteiger partial charge in [0, 0.05) is 0 Å². The fourth-order valence-electron chi connectivity index (χ4n) is 6.88. The Kier molecular flexibility index (Phi) is 41.1. The molecule has 0 saturated carbocycles. The van der Waals surface area contributed by atoms with Crippen LogP contribution in [0.2, 0.25) is 0 Å². The molecule has 306 valence electrons. The third-order valence-electron chi connectivity index (χ3n) is 10.4. The van der Waals surface area contributed by atoms with E-state index in [0.29, 0.717) is 6.42 Å². The van der Waals surface area contributed by atoms with E-state index in [1.165, 1.54) is 161 Å². The van der Waals surface area contributed by atoms with E-state index in [1.54, 1.807) is 6.08 Å². The molecule has 0 aliphatic carbocycles. The predicted octanol–water partition coefficient (Wildman–Crippen LogP) is 13.2. The van der Waals surface area contributed by atoms with Crippen molar-refractivity contribution in [2.75, 3.05) is 6.61 Å². The molecule has 0 aliphatic heterocycles. The highest BCUT2D eigenvalue weighted by atomic mass is 16.3. The van der Waals surface area contributed by atoms with Gasteiger partial charge in [-0.2, -0.15) is 0 Å². The lowest BCUT2D eigenvalue weighted by Crippen LogP contribution is -2.45. The average molecular weight is 732 g/mol. The Morgan fingerprint density at radius 1 is 0.481 bits per heavy atom. The van der Waals surface area contributed by atoms with Gasteiger partial charge in [0.1, 0.15) is 0 Å². The van der Waals surface area contributed by atoms with Crippen molar-refractivity contribution in [1.29, 1.82) is 0 Å². The van der Waals surface area contributed by atoms with Gasteiger partial charge in [-0.3, -0.25) is 4.79 Å². The number of allylic oxidation sites excluding steroid dienone is 5. The van der Waals surface area contributed by atoms with E-state index in [-0.39, 0.29) is 18.9 Å². The van der Waals surface area contributed by atoms with Crippen LogP contribution in [-0.2, 0) is 4.79 Å². The number of aliphatic hydroxyl groups is 3. The van der Waals surface area contributed by atoms with Gasteiger partial charge in [-0.15, -0.1) is 0 Å². The van der Waals surface area contributed by atoms with Gasteiger partial charge >= 0.3 is 0 Å². The molecule has 4 N–H and O–H groups in total. The van der Waals surface area contributed by atoms with Gasteiger partial charge in [0.05, 0.1) is 31.3 Å². The molecule has 0 rings (SSSR count). The maximum Gasteiger partial charge on any atom is 0.222 e. The van der Waals surface area contributed by atoms with Gasteiger partial charge in [-0.05, 0) is 57.8 Å². The van der Waals surface area contributed by atoms with E-state index in [4.69, 9.17) is 0 Å². The minimum atomic E-state index is -0.955. The lowest BCUT2D eigenvalue weighted by Gasteiger charge is -2.20. The highest BCUT2D eigenvalue weighted by Crippen LogP contribution is 2.15. The van der Waals surface area contributed by atoms with Crippen LogP contribution in [0.15, 0.2) is 36.5 Å². The number of carbonyl (C=O) groups is 1. The smallest absolute Gasteiger partial charge is 0.222 e. The zero-order chi connectivity index (χ0) is 38.0. The van der Waals surface area contributed by atoms with E-state index >= 15 is 0 Å². The standard InChI is InChI=1S/C47H89NO4/c1-3-5-7-9-11-13-15-17-19-20-21-22-23-24-25-26-27-29-31-33-35-37-39-41-46(51)45(43-49)48-47(52)42-44(50)40-38-36-34-32-30-28-18-16-14-12-10-8-6-4-2/h28,30-31,33,39,41,44-46,49-51H,3-27,29,32,34-38,40,42-43H2,1-2H3,(H,48,52)/b30-28-,33-31+,41-39+. The molecular formula is C47H89NO4. The lowest BCUT2D eigenvalue weighted by atomic mass is 10.0. The predicted molar refractivity (Wildman–Crippen MR) is 227 cm³/mol. The maximum atomic E-state index is 12.4. The monoisotopic (exact) mass is 732 g/mol. The number of carbonyl (C=O) groups excluding carboxylic acids is 1. The summed E-state index contributed by atoms with van der Waals surface area (Å²) in [5.74, 6) is -0.334. The van der Waals surface area contributed by atoms with Crippen molar-refractivity contribution in [2.45, 2.75) is 250 Å². The SMILES string of the molecule is CCCCCCCCC/C=C\CCCCCC(O)CC(=O)NC(CO)C(O)/C=C/CC/C=C/CCCCCCCCCCCCCCCCCCC. The van der Waals surface area contributed by atoms with Crippen molar-refractivity contribution in [2.24, 2.45) is 0 Å². The van der Waals surface area contributed by atoms with Gasteiger partial charge in [-0.1, -0.05) is 204 Å². The number of aliphatic hydroxyl groups excluding tert-OH is 3. The molecule has 0 radical (unpaired) electrons. The van der Waals surface area contributed by atoms with E-state index in [1.807, 2.05) is 6.08 Å². The third-order valence-corrected chi connectivity index (χ3v) is 10.4. The van der Waals surface area contributed by atoms with Gasteiger partial charge in [0.25, 0.3) is 0 Å². The second kappa shape index (κ2) is 42.3. The highest BCUT2D eigenvalue weighted by Gasteiger charge is 2.20. The molecule has 0 aromatic heterocycles. The molecule has 0 fully saturated rings. The van der Waals surface area contributed by atoms with Crippen LogP contribution in [0, 0.1) is 0 Å². The molecular weight excluding hydrogens is 643 g/mol. The Labute approximate surface area is 324 Å². The first-order valence-corrected chi connectivity index (χ1v) is 22.8. The first-order chi connectivity index (χ1) is 25.5. The minimum absolute atomic E-state index is 0.00445. The zero-order valence-electron chi connectivity index (χ0n) is 34.7. The Bertz CT molecular complexity index is 809. The van der Waals surface area contributed by atoms with Crippen LogP contribution < -0.4 is 5.32 Å². The highest BCUT2D eigenvalue weighted by molar-refractivity contribution is 5.76. The van der Waals surface area contributed by atoms with Crippen LogP contribution in [0.4, 0.5) is 0 Å². The summed E-state index contributed by atoms with van der Waals surface area (Å²) in [6.45, 7) is 4.20. The lowest BCUT2D eigenvalue weighted by molar-refractivity contribution is -0.124. The van der Waals surface area contributed by atoms with Gasteiger partial charge in [0.15, 0.2) is 0 Å². The van der Waals surface area contributed by atoms with Crippen molar-refractivity contribution >= 4 is 5.91 Å². The van der Waals surface area contributed by atoms with Gasteiger partial charge < -0.3 is 20.6 Å². The second-order valence-corrected chi connectivity index (χ2v) is 15.6. The molecule has 3 atom stereocenters. The van der Waals surface area contributed by atoms with Gasteiger partial charge in [0.2, 0.25) is 5.91 Å². The number of unbranched alkanes of at least 4 members (excludes halogenated alkanes) is 28. The maximum absolute atomic E-state index is 12.4. The molecule has 0 spiro atoms. The zero-order valence-corrected chi connectivity index (χ0v) is 34.7. The number of hydrogen-bond acceptors (Lipinski definition) is 4. The van der Waals surface area contributed by atoms with Crippen LogP contribution in [0.5, 0.6) is 0 Å². The summed E-state index contributed by atoms with van der Waals surface area (Å²) >= 11 is 0.